The van der Waals surface area contributed by atoms with E-state index in [9.17, 15) is 9.59 Å². The highest BCUT2D eigenvalue weighted by molar-refractivity contribution is 5.95. The zero-order valence-corrected chi connectivity index (χ0v) is 18.8. The SMILES string of the molecule is CC(C)(C)c1nc2ccccc2n1Cc1ccc(C(=O)N[C@@H]2CCC[C@@H]2C(=O)NO)cc1. The molecular formula is C25H30N4O3. The van der Waals surface area contributed by atoms with Crippen molar-refractivity contribution in [1.82, 2.24) is 20.3 Å². The molecule has 3 N–H and O–H groups in total. The summed E-state index contributed by atoms with van der Waals surface area (Å²) in [5, 5.41) is 11.9. The number of carbonyl (C=O) groups is 2. The molecule has 3 aromatic rings. The molecule has 0 spiro atoms. The van der Waals surface area contributed by atoms with Crippen molar-refractivity contribution in [2.45, 2.75) is 58.0 Å². The van der Waals surface area contributed by atoms with E-state index in [0.717, 1.165) is 35.3 Å². The molecule has 0 bridgehead atoms. The van der Waals surface area contributed by atoms with Crippen LogP contribution in [0.1, 0.15) is 61.8 Å². The van der Waals surface area contributed by atoms with E-state index in [2.05, 4.69) is 36.7 Å². The molecule has 1 aliphatic carbocycles. The van der Waals surface area contributed by atoms with Gasteiger partial charge in [-0.05, 0) is 42.7 Å². The topological polar surface area (TPSA) is 96.2 Å². The van der Waals surface area contributed by atoms with Crippen LogP contribution in [0.25, 0.3) is 11.0 Å². The average molecular weight is 435 g/mol. The van der Waals surface area contributed by atoms with Gasteiger partial charge in [0.2, 0.25) is 5.91 Å². The maximum Gasteiger partial charge on any atom is 0.251 e. The molecule has 7 heteroatoms. The van der Waals surface area contributed by atoms with E-state index in [1.807, 2.05) is 42.5 Å². The molecule has 168 valence electrons. The number of nitrogens with one attached hydrogen (secondary N) is 2. The summed E-state index contributed by atoms with van der Waals surface area (Å²) >= 11 is 0. The van der Waals surface area contributed by atoms with Gasteiger partial charge in [0.1, 0.15) is 5.82 Å². The van der Waals surface area contributed by atoms with Crippen molar-refractivity contribution < 1.29 is 14.8 Å². The van der Waals surface area contributed by atoms with E-state index < -0.39 is 11.8 Å². The number of nitrogens with zero attached hydrogens (tertiary/aromatic N) is 2. The third-order valence-electron chi connectivity index (χ3n) is 6.16. The molecule has 0 saturated heterocycles. The van der Waals surface area contributed by atoms with Crippen molar-refractivity contribution >= 4 is 22.8 Å². The second kappa shape index (κ2) is 8.74. The van der Waals surface area contributed by atoms with Crippen molar-refractivity contribution in [3.8, 4) is 0 Å². The molecule has 1 fully saturated rings. The summed E-state index contributed by atoms with van der Waals surface area (Å²) in [4.78, 5) is 29.4. The van der Waals surface area contributed by atoms with Crippen LogP contribution in [0, 0.1) is 5.92 Å². The van der Waals surface area contributed by atoms with E-state index in [1.165, 1.54) is 0 Å². The van der Waals surface area contributed by atoms with E-state index in [1.54, 1.807) is 5.48 Å². The molecule has 0 aliphatic heterocycles. The summed E-state index contributed by atoms with van der Waals surface area (Å²) < 4.78 is 2.24. The molecule has 7 nitrogen and oxygen atoms in total. The van der Waals surface area contributed by atoms with E-state index in [-0.39, 0.29) is 17.4 Å². The van der Waals surface area contributed by atoms with Crippen LogP contribution in [0.5, 0.6) is 0 Å². The lowest BCUT2D eigenvalue weighted by atomic mass is 9.95. The maximum atomic E-state index is 12.7. The van der Waals surface area contributed by atoms with Gasteiger partial charge >= 0.3 is 0 Å². The molecule has 0 unspecified atom stereocenters. The van der Waals surface area contributed by atoms with Crippen LogP contribution in [0.3, 0.4) is 0 Å². The number of para-hydroxylation sites is 2. The second-order valence-corrected chi connectivity index (χ2v) is 9.55. The van der Waals surface area contributed by atoms with Crippen LogP contribution in [0.15, 0.2) is 48.5 Å². The molecule has 2 amide bonds. The minimum atomic E-state index is -0.439. The summed E-state index contributed by atoms with van der Waals surface area (Å²) in [6, 6.07) is 15.4. The van der Waals surface area contributed by atoms with Crippen LogP contribution < -0.4 is 10.8 Å². The quantitative estimate of drug-likeness (QED) is 0.421. The third-order valence-corrected chi connectivity index (χ3v) is 6.16. The van der Waals surface area contributed by atoms with Crippen molar-refractivity contribution in [3.05, 3.63) is 65.5 Å². The molecule has 0 radical (unpaired) electrons. The predicted molar refractivity (Wildman–Crippen MR) is 123 cm³/mol. The van der Waals surface area contributed by atoms with Crippen molar-refractivity contribution in [1.29, 1.82) is 0 Å². The highest BCUT2D eigenvalue weighted by Crippen LogP contribution is 2.28. The second-order valence-electron chi connectivity index (χ2n) is 9.55. The molecule has 32 heavy (non-hydrogen) atoms. The Morgan fingerprint density at radius 3 is 2.50 bits per heavy atom. The monoisotopic (exact) mass is 434 g/mol. The molecule has 1 aliphatic rings. The lowest BCUT2D eigenvalue weighted by Gasteiger charge is -2.21. The third kappa shape index (κ3) is 4.39. The fourth-order valence-electron chi connectivity index (χ4n) is 4.53. The molecular weight excluding hydrogens is 404 g/mol. The van der Waals surface area contributed by atoms with Crippen LogP contribution in [0.4, 0.5) is 0 Å². The summed E-state index contributed by atoms with van der Waals surface area (Å²) in [7, 11) is 0. The first-order valence-corrected chi connectivity index (χ1v) is 11.1. The number of fused-ring (bicyclic) bond motifs is 1. The molecule has 4 rings (SSSR count). The van der Waals surface area contributed by atoms with Gasteiger partial charge in [0, 0.05) is 23.6 Å². The summed E-state index contributed by atoms with van der Waals surface area (Å²) in [6.07, 6.45) is 2.23. The normalized spacial score (nSPS) is 18.6. The van der Waals surface area contributed by atoms with Gasteiger partial charge in [-0.15, -0.1) is 0 Å². The molecule has 2 aromatic carbocycles. The fraction of sp³-hybridized carbons (Fsp3) is 0.400. The molecule has 2 atom stereocenters. The lowest BCUT2D eigenvalue weighted by Crippen LogP contribution is -2.43. The zero-order chi connectivity index (χ0) is 22.9. The number of benzene rings is 2. The van der Waals surface area contributed by atoms with Gasteiger partial charge in [-0.25, -0.2) is 10.5 Å². The highest BCUT2D eigenvalue weighted by Gasteiger charge is 2.34. The number of imidazole rings is 1. The number of aromatic nitrogens is 2. The summed E-state index contributed by atoms with van der Waals surface area (Å²) in [5.74, 6) is -0.0171. The lowest BCUT2D eigenvalue weighted by molar-refractivity contribution is -0.133. The van der Waals surface area contributed by atoms with Gasteiger partial charge in [0.05, 0.1) is 17.0 Å². The van der Waals surface area contributed by atoms with Crippen molar-refractivity contribution in [2.24, 2.45) is 5.92 Å². The Kier molecular flexibility index (Phi) is 6.02. The Hall–Kier alpha value is -3.19. The first kappa shape index (κ1) is 22.0. The Balaban J connectivity index is 1.51. The van der Waals surface area contributed by atoms with Crippen LogP contribution in [-0.2, 0) is 16.8 Å². The minimum absolute atomic E-state index is 0.0997. The summed E-state index contributed by atoms with van der Waals surface area (Å²) in [6.45, 7) is 7.14. The fourth-order valence-corrected chi connectivity index (χ4v) is 4.53. The molecule has 1 saturated carbocycles. The van der Waals surface area contributed by atoms with E-state index in [4.69, 9.17) is 10.2 Å². The highest BCUT2D eigenvalue weighted by atomic mass is 16.5. The largest absolute Gasteiger partial charge is 0.349 e. The number of amides is 2. The Morgan fingerprint density at radius 2 is 1.81 bits per heavy atom. The standard InChI is InChI=1S/C25H30N4O3/c1-25(2,3)24-27-20-8-4-5-10-21(20)29(24)15-16-11-13-17(14-12-16)22(30)26-19-9-6-7-18(19)23(31)28-32/h4-5,8,10-14,18-19,32H,6-7,9,15H2,1-3H3,(H,26,30)(H,28,31)/t18-,19+/m0/s1. The van der Waals surface area contributed by atoms with Crippen molar-refractivity contribution in [3.63, 3.8) is 0 Å². The minimum Gasteiger partial charge on any atom is -0.349 e. The smallest absolute Gasteiger partial charge is 0.251 e. The van der Waals surface area contributed by atoms with Crippen LogP contribution >= 0.6 is 0 Å². The number of hydrogen-bond donors (Lipinski definition) is 3. The van der Waals surface area contributed by atoms with Gasteiger partial charge in [0.15, 0.2) is 0 Å². The predicted octanol–water partition coefficient (Wildman–Crippen LogP) is 3.79. The van der Waals surface area contributed by atoms with Gasteiger partial charge < -0.3 is 9.88 Å². The van der Waals surface area contributed by atoms with E-state index >= 15 is 0 Å². The Bertz CT molecular complexity index is 1130. The number of rotatable bonds is 5. The maximum absolute atomic E-state index is 12.7. The first-order valence-electron chi connectivity index (χ1n) is 11.1. The first-order chi connectivity index (χ1) is 15.3. The average Bonchev–Trinajstić information content (AvgIpc) is 3.38. The van der Waals surface area contributed by atoms with Crippen molar-refractivity contribution in [2.75, 3.05) is 0 Å². The molecule has 1 aromatic heterocycles. The Morgan fingerprint density at radius 1 is 1.09 bits per heavy atom. The number of carbonyl (C=O) groups excluding carboxylic acids is 2. The van der Waals surface area contributed by atoms with E-state index in [0.29, 0.717) is 18.5 Å². The van der Waals surface area contributed by atoms with Gasteiger partial charge in [-0.3, -0.25) is 14.8 Å². The van der Waals surface area contributed by atoms with Gasteiger partial charge in [-0.2, -0.15) is 0 Å². The van der Waals surface area contributed by atoms with Gasteiger partial charge in [-0.1, -0.05) is 51.5 Å². The number of hydroxylamine groups is 1. The summed E-state index contributed by atoms with van der Waals surface area (Å²) in [5.41, 5.74) is 5.31. The Labute approximate surface area is 187 Å². The molecule has 1 heterocycles. The zero-order valence-electron chi connectivity index (χ0n) is 18.8. The van der Waals surface area contributed by atoms with Crippen LogP contribution in [-0.4, -0.2) is 32.6 Å². The van der Waals surface area contributed by atoms with Gasteiger partial charge in [0.25, 0.3) is 5.91 Å². The number of hydrogen-bond acceptors (Lipinski definition) is 4. The van der Waals surface area contributed by atoms with Crippen LogP contribution in [0.2, 0.25) is 0 Å².